The molecule has 4 rings (SSSR count). The van der Waals surface area contributed by atoms with Gasteiger partial charge in [-0.2, -0.15) is 0 Å². The Morgan fingerprint density at radius 1 is 0.968 bits per heavy atom. The van der Waals surface area contributed by atoms with Gasteiger partial charge in [-0.15, -0.1) is 0 Å². The maximum absolute atomic E-state index is 12.5. The van der Waals surface area contributed by atoms with Gasteiger partial charge in [0.25, 0.3) is 5.91 Å². The summed E-state index contributed by atoms with van der Waals surface area (Å²) in [7, 11) is 0. The van der Waals surface area contributed by atoms with E-state index in [2.05, 4.69) is 5.32 Å². The largest absolute Gasteiger partial charge is 0.484 e. The van der Waals surface area contributed by atoms with Crippen molar-refractivity contribution in [3.63, 3.8) is 0 Å². The summed E-state index contributed by atoms with van der Waals surface area (Å²) in [6.07, 6.45) is 0. The first-order valence-corrected chi connectivity index (χ1v) is 10.2. The molecule has 0 aliphatic rings. The van der Waals surface area contributed by atoms with Crippen molar-refractivity contribution in [1.82, 2.24) is 0 Å². The summed E-state index contributed by atoms with van der Waals surface area (Å²) in [6, 6.07) is 24.3. The Morgan fingerprint density at radius 2 is 1.71 bits per heavy atom. The van der Waals surface area contributed by atoms with Gasteiger partial charge < -0.3 is 14.5 Å². The molecule has 0 aliphatic heterocycles. The van der Waals surface area contributed by atoms with Gasteiger partial charge >= 0.3 is 5.63 Å². The van der Waals surface area contributed by atoms with Crippen molar-refractivity contribution in [2.24, 2.45) is 0 Å². The predicted molar refractivity (Wildman–Crippen MR) is 123 cm³/mol. The Balaban J connectivity index is 1.49. The lowest BCUT2D eigenvalue weighted by Crippen LogP contribution is -2.20. The predicted octanol–water partition coefficient (Wildman–Crippen LogP) is 5.60. The van der Waals surface area contributed by atoms with Crippen LogP contribution < -0.4 is 15.7 Å². The molecule has 31 heavy (non-hydrogen) atoms. The molecule has 1 N–H and O–H groups in total. The number of anilines is 1. The molecular weight excluding hydrogens is 390 g/mol. The highest BCUT2D eigenvalue weighted by molar-refractivity contribution is 5.96. The quantitative estimate of drug-likeness (QED) is 0.418. The van der Waals surface area contributed by atoms with Crippen LogP contribution in [0, 0.1) is 0 Å². The average molecular weight is 413 g/mol. The van der Waals surface area contributed by atoms with Crippen molar-refractivity contribution in [3.8, 4) is 16.9 Å². The third-order valence-corrected chi connectivity index (χ3v) is 5.03. The number of carbonyl (C=O) groups is 1. The summed E-state index contributed by atoms with van der Waals surface area (Å²) < 4.78 is 11.0. The summed E-state index contributed by atoms with van der Waals surface area (Å²) >= 11 is 0. The van der Waals surface area contributed by atoms with Gasteiger partial charge in [0.2, 0.25) is 0 Å². The lowest BCUT2D eigenvalue weighted by atomic mass is 10.00. The van der Waals surface area contributed by atoms with Crippen molar-refractivity contribution in [2.75, 3.05) is 11.9 Å². The van der Waals surface area contributed by atoms with Crippen molar-refractivity contribution in [3.05, 3.63) is 94.8 Å². The number of amides is 1. The summed E-state index contributed by atoms with van der Waals surface area (Å²) in [5, 5.41) is 3.78. The number of benzene rings is 3. The van der Waals surface area contributed by atoms with Crippen LogP contribution in [0.25, 0.3) is 22.1 Å². The molecule has 0 fully saturated rings. The van der Waals surface area contributed by atoms with Crippen LogP contribution in [0.1, 0.15) is 25.3 Å². The molecule has 0 saturated heterocycles. The second-order valence-electron chi connectivity index (χ2n) is 7.58. The number of rotatable bonds is 6. The molecule has 0 unspecified atom stereocenters. The number of ether oxygens (including phenoxy) is 1. The molecule has 0 saturated carbocycles. The zero-order valence-electron chi connectivity index (χ0n) is 17.4. The van der Waals surface area contributed by atoms with Gasteiger partial charge in [-0.3, -0.25) is 4.79 Å². The van der Waals surface area contributed by atoms with E-state index in [1.165, 1.54) is 6.07 Å². The first-order valence-electron chi connectivity index (χ1n) is 10.2. The lowest BCUT2D eigenvalue weighted by Gasteiger charge is -2.13. The van der Waals surface area contributed by atoms with E-state index >= 15 is 0 Å². The van der Waals surface area contributed by atoms with Crippen molar-refractivity contribution < 1.29 is 13.9 Å². The van der Waals surface area contributed by atoms with Crippen LogP contribution in [0.4, 0.5) is 5.69 Å². The number of hydrogen-bond donors (Lipinski definition) is 1. The molecule has 156 valence electrons. The number of nitrogens with one attached hydrogen (secondary N) is 1. The molecule has 3 aromatic carbocycles. The fraction of sp³-hybridized carbons (Fsp3) is 0.154. The Labute approximate surface area is 180 Å². The Morgan fingerprint density at radius 3 is 2.48 bits per heavy atom. The minimum atomic E-state index is -0.399. The minimum absolute atomic E-state index is 0.164. The molecule has 0 spiro atoms. The fourth-order valence-electron chi connectivity index (χ4n) is 3.53. The third kappa shape index (κ3) is 4.67. The first kappa shape index (κ1) is 20.4. The zero-order valence-corrected chi connectivity index (χ0v) is 17.4. The highest BCUT2D eigenvalue weighted by atomic mass is 16.5. The van der Waals surface area contributed by atoms with Crippen molar-refractivity contribution in [1.29, 1.82) is 0 Å². The molecule has 5 heteroatoms. The average Bonchev–Trinajstić information content (AvgIpc) is 2.77. The van der Waals surface area contributed by atoms with E-state index < -0.39 is 5.63 Å². The lowest BCUT2D eigenvalue weighted by molar-refractivity contribution is -0.118. The number of hydrogen-bond acceptors (Lipinski definition) is 4. The Bertz CT molecular complexity index is 1280. The van der Waals surface area contributed by atoms with E-state index in [9.17, 15) is 9.59 Å². The number of para-hydroxylation sites is 1. The van der Waals surface area contributed by atoms with Crippen LogP contribution in [0.5, 0.6) is 5.75 Å². The molecule has 1 aromatic heterocycles. The SMILES string of the molecule is CC(C)c1cc(=O)oc2cc(OCC(=O)Nc3ccccc3-c3ccccc3)ccc12. The molecule has 0 aliphatic carbocycles. The van der Waals surface area contributed by atoms with E-state index in [0.717, 1.165) is 22.1 Å². The maximum Gasteiger partial charge on any atom is 0.336 e. The smallest absolute Gasteiger partial charge is 0.336 e. The van der Waals surface area contributed by atoms with Gasteiger partial charge in [0.1, 0.15) is 11.3 Å². The molecule has 0 bridgehead atoms. The van der Waals surface area contributed by atoms with Crippen LogP contribution in [-0.2, 0) is 4.79 Å². The van der Waals surface area contributed by atoms with Crippen molar-refractivity contribution >= 4 is 22.6 Å². The minimum Gasteiger partial charge on any atom is -0.484 e. The topological polar surface area (TPSA) is 68.5 Å². The highest BCUT2D eigenvalue weighted by Gasteiger charge is 2.12. The monoisotopic (exact) mass is 413 g/mol. The van der Waals surface area contributed by atoms with Crippen molar-refractivity contribution in [2.45, 2.75) is 19.8 Å². The van der Waals surface area contributed by atoms with Crippen LogP contribution in [0.15, 0.2) is 88.1 Å². The summed E-state index contributed by atoms with van der Waals surface area (Å²) in [4.78, 5) is 24.4. The van der Waals surface area contributed by atoms with E-state index in [4.69, 9.17) is 9.15 Å². The summed E-state index contributed by atoms with van der Waals surface area (Å²) in [6.45, 7) is 3.88. The molecule has 0 atom stereocenters. The molecular formula is C26H23NO4. The Kier molecular flexibility index (Phi) is 5.85. The van der Waals surface area contributed by atoms with E-state index in [1.807, 2.05) is 74.5 Å². The van der Waals surface area contributed by atoms with E-state index in [-0.39, 0.29) is 18.4 Å². The highest BCUT2D eigenvalue weighted by Crippen LogP contribution is 2.28. The second-order valence-corrected chi connectivity index (χ2v) is 7.58. The van der Waals surface area contributed by atoms with Gasteiger partial charge in [0.15, 0.2) is 6.61 Å². The fourth-order valence-corrected chi connectivity index (χ4v) is 3.53. The van der Waals surface area contributed by atoms with Gasteiger partial charge in [0, 0.05) is 28.8 Å². The van der Waals surface area contributed by atoms with Gasteiger partial charge in [-0.25, -0.2) is 4.79 Å². The Hall–Kier alpha value is -3.86. The zero-order chi connectivity index (χ0) is 21.8. The number of carbonyl (C=O) groups excluding carboxylic acids is 1. The number of fused-ring (bicyclic) bond motifs is 1. The molecule has 5 nitrogen and oxygen atoms in total. The standard InChI is InChI=1S/C26H23NO4/c1-17(2)22-15-26(29)31-24-14-19(12-13-21(22)24)30-16-25(28)27-23-11-7-6-10-20(23)18-8-4-3-5-9-18/h3-15,17H,16H2,1-2H3,(H,27,28). The normalized spacial score (nSPS) is 10.9. The van der Waals surface area contributed by atoms with Crippen LogP contribution in [0.3, 0.4) is 0 Å². The van der Waals surface area contributed by atoms with Crippen LogP contribution >= 0.6 is 0 Å². The molecule has 4 aromatic rings. The van der Waals surface area contributed by atoms with Crippen LogP contribution in [0.2, 0.25) is 0 Å². The molecule has 1 heterocycles. The summed E-state index contributed by atoms with van der Waals surface area (Å²) in [5.74, 6) is 0.373. The molecule has 0 radical (unpaired) electrons. The maximum atomic E-state index is 12.5. The van der Waals surface area contributed by atoms with E-state index in [0.29, 0.717) is 17.0 Å². The first-order chi connectivity index (χ1) is 15.0. The third-order valence-electron chi connectivity index (χ3n) is 5.03. The van der Waals surface area contributed by atoms with Gasteiger partial charge in [-0.05, 0) is 35.2 Å². The second kappa shape index (κ2) is 8.88. The van der Waals surface area contributed by atoms with E-state index in [1.54, 1.807) is 12.1 Å². The van der Waals surface area contributed by atoms with Crippen LogP contribution in [-0.4, -0.2) is 12.5 Å². The molecule has 1 amide bonds. The summed E-state index contributed by atoms with van der Waals surface area (Å²) in [5.41, 5.74) is 3.64. The van der Waals surface area contributed by atoms with Gasteiger partial charge in [-0.1, -0.05) is 62.4 Å². The van der Waals surface area contributed by atoms with Gasteiger partial charge in [0.05, 0.1) is 0 Å².